The highest BCUT2D eigenvalue weighted by molar-refractivity contribution is 7.89. The number of carbonyl (C=O) groups is 1. The number of anilines is 1. The first-order valence-corrected chi connectivity index (χ1v) is 12.0. The molecule has 8 nitrogen and oxygen atoms in total. The van der Waals surface area contributed by atoms with Gasteiger partial charge in [-0.2, -0.15) is 4.31 Å². The summed E-state index contributed by atoms with van der Waals surface area (Å²) >= 11 is 5.90. The number of halogens is 1. The van der Waals surface area contributed by atoms with Crippen LogP contribution in [-0.2, 0) is 17.1 Å². The highest BCUT2D eigenvalue weighted by Crippen LogP contribution is 2.23. The molecule has 4 heterocycles. The molecule has 0 spiro atoms. The van der Waals surface area contributed by atoms with Crippen molar-refractivity contribution in [2.75, 3.05) is 44.2 Å². The molecule has 0 radical (unpaired) electrons. The van der Waals surface area contributed by atoms with Crippen molar-refractivity contribution < 1.29 is 13.2 Å². The van der Waals surface area contributed by atoms with Gasteiger partial charge in [0, 0.05) is 58.7 Å². The molecule has 2 aromatic rings. The number of nitrogens with zero attached hydrogens (tertiary/aromatic N) is 5. The molecule has 0 bridgehead atoms. The number of hydrogen-bond donors (Lipinski definition) is 0. The first-order chi connectivity index (χ1) is 14.4. The second-order valence-corrected chi connectivity index (χ2v) is 10.1. The van der Waals surface area contributed by atoms with E-state index in [9.17, 15) is 13.2 Å². The maximum absolute atomic E-state index is 13.1. The predicted molar refractivity (Wildman–Crippen MR) is 115 cm³/mol. The van der Waals surface area contributed by atoms with Gasteiger partial charge in [-0.3, -0.25) is 4.79 Å². The topological polar surface area (TPSA) is 78.8 Å². The fourth-order valence-corrected chi connectivity index (χ4v) is 5.70. The first kappa shape index (κ1) is 21.1. The van der Waals surface area contributed by atoms with Crippen molar-refractivity contribution in [2.45, 2.75) is 24.2 Å². The second kappa shape index (κ2) is 8.56. The number of pyridine rings is 1. The van der Waals surface area contributed by atoms with Crippen LogP contribution in [0.15, 0.2) is 35.5 Å². The van der Waals surface area contributed by atoms with Crippen LogP contribution in [0.2, 0.25) is 5.02 Å². The number of rotatable bonds is 4. The lowest BCUT2D eigenvalue weighted by atomic mass is 10.2. The Morgan fingerprint density at radius 1 is 1.03 bits per heavy atom. The van der Waals surface area contributed by atoms with Gasteiger partial charge in [0.15, 0.2) is 0 Å². The van der Waals surface area contributed by atoms with E-state index in [2.05, 4.69) is 9.88 Å². The molecule has 0 N–H and O–H groups in total. The minimum absolute atomic E-state index is 0.152. The van der Waals surface area contributed by atoms with Crippen LogP contribution in [0, 0.1) is 0 Å². The van der Waals surface area contributed by atoms with Crippen LogP contribution in [-0.4, -0.2) is 72.3 Å². The Hall–Kier alpha value is -2.10. The van der Waals surface area contributed by atoms with Gasteiger partial charge < -0.3 is 14.4 Å². The summed E-state index contributed by atoms with van der Waals surface area (Å²) in [4.78, 5) is 21.5. The number of carbonyl (C=O) groups excluding carboxylic acids is 1. The summed E-state index contributed by atoms with van der Waals surface area (Å²) in [5.41, 5.74) is 0.392. The zero-order chi connectivity index (χ0) is 21.3. The maximum atomic E-state index is 13.1. The zero-order valence-corrected chi connectivity index (χ0v) is 18.6. The highest BCUT2D eigenvalue weighted by atomic mass is 35.5. The summed E-state index contributed by atoms with van der Waals surface area (Å²) in [6, 6.07) is 5.18. The summed E-state index contributed by atoms with van der Waals surface area (Å²) in [6.07, 6.45) is 5.98. The molecule has 2 aliphatic rings. The van der Waals surface area contributed by atoms with Crippen LogP contribution >= 0.6 is 11.6 Å². The van der Waals surface area contributed by atoms with Crippen LogP contribution in [0.3, 0.4) is 0 Å². The average Bonchev–Trinajstić information content (AvgIpc) is 3.17. The predicted octanol–water partition coefficient (Wildman–Crippen LogP) is 2.21. The highest BCUT2D eigenvalue weighted by Gasteiger charge is 2.30. The summed E-state index contributed by atoms with van der Waals surface area (Å²) in [5.74, 6) is 0.682. The van der Waals surface area contributed by atoms with E-state index in [1.807, 2.05) is 6.07 Å². The van der Waals surface area contributed by atoms with Crippen molar-refractivity contribution in [2.24, 2.45) is 7.05 Å². The molecule has 0 saturated carbocycles. The maximum Gasteiger partial charge on any atom is 0.270 e. The SMILES string of the molecule is Cn1cc(S(=O)(=O)N2CCCCC2)cc1C(=O)N1CCN(c2ccc(Cl)cn2)CC1. The van der Waals surface area contributed by atoms with Crippen molar-refractivity contribution in [3.05, 3.63) is 41.3 Å². The Kier molecular flexibility index (Phi) is 6.04. The van der Waals surface area contributed by atoms with Crippen LogP contribution in [0.4, 0.5) is 5.82 Å². The van der Waals surface area contributed by atoms with Crippen LogP contribution in [0.1, 0.15) is 29.8 Å². The molecule has 0 atom stereocenters. The average molecular weight is 452 g/mol. The number of aryl methyl sites for hydroxylation is 1. The fourth-order valence-electron chi connectivity index (χ4n) is 4.00. The van der Waals surface area contributed by atoms with Crippen LogP contribution in [0.25, 0.3) is 0 Å². The van der Waals surface area contributed by atoms with Gasteiger partial charge in [0.25, 0.3) is 5.91 Å². The van der Waals surface area contributed by atoms with Gasteiger partial charge in [-0.05, 0) is 31.0 Å². The van der Waals surface area contributed by atoms with Gasteiger partial charge in [0.1, 0.15) is 16.4 Å². The molecule has 2 aromatic heterocycles. The van der Waals surface area contributed by atoms with E-state index < -0.39 is 10.0 Å². The number of piperidine rings is 1. The van der Waals surface area contributed by atoms with Crippen molar-refractivity contribution in [3.63, 3.8) is 0 Å². The number of aromatic nitrogens is 2. The molecule has 2 saturated heterocycles. The van der Waals surface area contributed by atoms with E-state index in [1.165, 1.54) is 10.4 Å². The quantitative estimate of drug-likeness (QED) is 0.712. The Labute approximate surface area is 182 Å². The third kappa shape index (κ3) is 4.19. The summed E-state index contributed by atoms with van der Waals surface area (Å²) in [7, 11) is -1.84. The lowest BCUT2D eigenvalue weighted by Gasteiger charge is -2.35. The largest absolute Gasteiger partial charge is 0.353 e. The molecule has 4 rings (SSSR count). The molecule has 30 heavy (non-hydrogen) atoms. The van der Waals surface area contributed by atoms with Gasteiger partial charge in [0.05, 0.1) is 5.02 Å². The molecule has 10 heteroatoms. The van der Waals surface area contributed by atoms with E-state index in [0.717, 1.165) is 25.1 Å². The molecule has 0 aliphatic carbocycles. The number of hydrogen-bond acceptors (Lipinski definition) is 5. The Bertz CT molecular complexity index is 1010. The van der Waals surface area contributed by atoms with Crippen LogP contribution in [0.5, 0.6) is 0 Å². The number of sulfonamides is 1. The summed E-state index contributed by atoms with van der Waals surface area (Å²) in [6.45, 7) is 3.49. The molecule has 0 aromatic carbocycles. The molecule has 162 valence electrons. The van der Waals surface area contributed by atoms with Gasteiger partial charge >= 0.3 is 0 Å². The molecular weight excluding hydrogens is 426 g/mol. The van der Waals surface area contributed by atoms with Crippen molar-refractivity contribution in [1.29, 1.82) is 0 Å². The minimum Gasteiger partial charge on any atom is -0.353 e. The second-order valence-electron chi connectivity index (χ2n) is 7.75. The smallest absolute Gasteiger partial charge is 0.270 e. The molecular formula is C20H26ClN5O3S. The molecule has 2 aliphatic heterocycles. The molecule has 0 unspecified atom stereocenters. The van der Waals surface area contributed by atoms with Gasteiger partial charge in [0.2, 0.25) is 10.0 Å². The van der Waals surface area contributed by atoms with Crippen molar-refractivity contribution in [3.8, 4) is 0 Å². The third-order valence-electron chi connectivity index (χ3n) is 5.75. The zero-order valence-electron chi connectivity index (χ0n) is 17.0. The van der Waals surface area contributed by atoms with Gasteiger partial charge in [-0.25, -0.2) is 13.4 Å². The Morgan fingerprint density at radius 2 is 1.73 bits per heavy atom. The monoisotopic (exact) mass is 451 g/mol. The van der Waals surface area contributed by atoms with E-state index in [0.29, 0.717) is 50.0 Å². The van der Waals surface area contributed by atoms with E-state index in [1.54, 1.807) is 35.0 Å². The lowest BCUT2D eigenvalue weighted by molar-refractivity contribution is 0.0737. The van der Waals surface area contributed by atoms with Crippen molar-refractivity contribution in [1.82, 2.24) is 18.8 Å². The van der Waals surface area contributed by atoms with E-state index in [-0.39, 0.29) is 10.8 Å². The number of piperazine rings is 1. The van der Waals surface area contributed by atoms with Gasteiger partial charge in [-0.1, -0.05) is 18.0 Å². The van der Waals surface area contributed by atoms with Gasteiger partial charge in [-0.15, -0.1) is 0 Å². The summed E-state index contributed by atoms with van der Waals surface area (Å²) in [5, 5.41) is 0.589. The van der Waals surface area contributed by atoms with Crippen molar-refractivity contribution >= 4 is 33.3 Å². The Balaban J connectivity index is 1.45. The third-order valence-corrected chi connectivity index (χ3v) is 7.84. The standard InChI is InChI=1S/C20H26ClN5O3S/c1-23-15-17(30(28,29)26-7-3-2-4-8-26)13-18(23)20(27)25-11-9-24(10-12-25)19-6-5-16(21)14-22-19/h5-6,13-15H,2-4,7-12H2,1H3. The molecule has 1 amide bonds. The minimum atomic E-state index is -3.56. The summed E-state index contributed by atoms with van der Waals surface area (Å²) < 4.78 is 29.0. The fraction of sp³-hybridized carbons (Fsp3) is 0.500. The molecule has 2 fully saturated rings. The Morgan fingerprint density at radius 3 is 2.37 bits per heavy atom. The van der Waals surface area contributed by atoms with Crippen LogP contribution < -0.4 is 4.90 Å². The normalized spacial score (nSPS) is 18.6. The number of amides is 1. The van der Waals surface area contributed by atoms with E-state index in [4.69, 9.17) is 11.6 Å². The lowest BCUT2D eigenvalue weighted by Crippen LogP contribution is -2.49. The van der Waals surface area contributed by atoms with E-state index >= 15 is 0 Å². The first-order valence-electron chi connectivity index (χ1n) is 10.2.